The van der Waals surface area contributed by atoms with Gasteiger partial charge in [-0.15, -0.1) is 0 Å². The van der Waals surface area contributed by atoms with E-state index in [9.17, 15) is 8.42 Å². The van der Waals surface area contributed by atoms with Gasteiger partial charge < -0.3 is 15.4 Å². The first kappa shape index (κ1) is 23.1. The molecule has 1 aliphatic rings. The highest BCUT2D eigenvalue weighted by Crippen LogP contribution is 2.13. The predicted octanol–water partition coefficient (Wildman–Crippen LogP) is 0.228. The maximum Gasteiger partial charge on any atom is 0.211 e. The molecule has 9 heteroatoms. The Labute approximate surface area is 159 Å². The molecule has 1 atom stereocenters. The van der Waals surface area contributed by atoms with Crippen LogP contribution in [0.1, 0.15) is 34.1 Å². The Hall–Kier alpha value is -0.900. The second-order valence-electron chi connectivity index (χ2n) is 6.76. The van der Waals surface area contributed by atoms with Gasteiger partial charge in [-0.1, -0.05) is 13.8 Å². The largest absolute Gasteiger partial charge is 0.379 e. The standard InChI is InChI=1S/C17H37N5O3S/c1-5-18-17(19-8-7-9-21-26(23,24)6-2)20-14-16(15(3)4)22-10-12-25-13-11-22/h15-16,21H,5-14H2,1-4H3,(H2,18,19,20). The summed E-state index contributed by atoms with van der Waals surface area (Å²) in [4.78, 5) is 7.21. The van der Waals surface area contributed by atoms with Gasteiger partial charge in [0.1, 0.15) is 0 Å². The summed E-state index contributed by atoms with van der Waals surface area (Å²) in [6.45, 7) is 14.3. The van der Waals surface area contributed by atoms with Crippen molar-refractivity contribution < 1.29 is 13.2 Å². The zero-order valence-electron chi connectivity index (χ0n) is 16.8. The molecule has 0 amide bonds. The Kier molecular flexibility index (Phi) is 11.1. The molecular weight excluding hydrogens is 354 g/mol. The normalized spacial score (nSPS) is 18.1. The summed E-state index contributed by atoms with van der Waals surface area (Å²) in [7, 11) is -3.11. The van der Waals surface area contributed by atoms with Gasteiger partial charge in [0, 0.05) is 38.8 Å². The molecule has 3 N–H and O–H groups in total. The molecule has 1 rings (SSSR count). The van der Waals surface area contributed by atoms with Crippen LogP contribution in [0.25, 0.3) is 0 Å². The summed E-state index contributed by atoms with van der Waals surface area (Å²) in [6, 6.07) is 0.394. The molecule has 1 aliphatic heterocycles. The Morgan fingerprint density at radius 2 is 1.85 bits per heavy atom. The zero-order chi connectivity index (χ0) is 19.4. The molecule has 0 aliphatic carbocycles. The monoisotopic (exact) mass is 391 g/mol. The minimum absolute atomic E-state index is 0.114. The topological polar surface area (TPSA) is 95.1 Å². The van der Waals surface area contributed by atoms with E-state index in [1.807, 2.05) is 6.92 Å². The Bertz CT molecular complexity index is 505. The molecule has 0 aromatic rings. The van der Waals surface area contributed by atoms with Crippen molar-refractivity contribution in [2.24, 2.45) is 10.9 Å². The van der Waals surface area contributed by atoms with E-state index in [0.717, 1.165) is 45.4 Å². The van der Waals surface area contributed by atoms with E-state index in [0.29, 0.717) is 31.5 Å². The highest BCUT2D eigenvalue weighted by molar-refractivity contribution is 7.89. The quantitative estimate of drug-likeness (QED) is 0.265. The SMILES string of the molecule is CCNC(=NCC(C(C)C)N1CCOCC1)NCCCNS(=O)(=O)CC. The highest BCUT2D eigenvalue weighted by atomic mass is 32.2. The molecule has 0 saturated carbocycles. The molecule has 26 heavy (non-hydrogen) atoms. The predicted molar refractivity (Wildman–Crippen MR) is 107 cm³/mol. The van der Waals surface area contributed by atoms with E-state index < -0.39 is 10.0 Å². The number of nitrogens with zero attached hydrogens (tertiary/aromatic N) is 2. The van der Waals surface area contributed by atoms with Crippen LogP contribution >= 0.6 is 0 Å². The number of nitrogens with one attached hydrogen (secondary N) is 3. The number of aliphatic imine (C=N–C) groups is 1. The van der Waals surface area contributed by atoms with Gasteiger partial charge in [-0.25, -0.2) is 13.1 Å². The van der Waals surface area contributed by atoms with Gasteiger partial charge in [-0.2, -0.15) is 0 Å². The molecule has 1 saturated heterocycles. The summed E-state index contributed by atoms with van der Waals surface area (Å²) in [6.07, 6.45) is 0.709. The Morgan fingerprint density at radius 3 is 2.42 bits per heavy atom. The molecule has 8 nitrogen and oxygen atoms in total. The average Bonchev–Trinajstić information content (AvgIpc) is 2.62. The van der Waals surface area contributed by atoms with E-state index >= 15 is 0 Å². The second kappa shape index (κ2) is 12.5. The molecule has 1 fully saturated rings. The van der Waals surface area contributed by atoms with Crippen LogP contribution in [0, 0.1) is 5.92 Å². The first-order valence-electron chi connectivity index (χ1n) is 9.71. The maximum absolute atomic E-state index is 11.4. The van der Waals surface area contributed by atoms with Crippen molar-refractivity contribution in [1.82, 2.24) is 20.3 Å². The first-order valence-corrected chi connectivity index (χ1v) is 11.4. The van der Waals surface area contributed by atoms with Crippen LogP contribution in [0.5, 0.6) is 0 Å². The number of ether oxygens (including phenoxy) is 1. The van der Waals surface area contributed by atoms with Crippen molar-refractivity contribution in [3.63, 3.8) is 0 Å². The van der Waals surface area contributed by atoms with Crippen LogP contribution in [0.4, 0.5) is 0 Å². The van der Waals surface area contributed by atoms with Gasteiger partial charge in [0.25, 0.3) is 0 Å². The van der Waals surface area contributed by atoms with Gasteiger partial charge in [0.2, 0.25) is 10.0 Å². The number of morpholine rings is 1. The van der Waals surface area contributed by atoms with Crippen LogP contribution < -0.4 is 15.4 Å². The van der Waals surface area contributed by atoms with E-state index in [1.54, 1.807) is 6.92 Å². The Morgan fingerprint density at radius 1 is 1.15 bits per heavy atom. The van der Waals surface area contributed by atoms with Crippen molar-refractivity contribution in [2.45, 2.75) is 40.2 Å². The molecule has 0 bridgehead atoms. The summed E-state index contributed by atoms with van der Waals surface area (Å²) in [5.74, 6) is 1.41. The fraction of sp³-hybridized carbons (Fsp3) is 0.941. The second-order valence-corrected chi connectivity index (χ2v) is 8.85. The molecule has 1 heterocycles. The number of sulfonamides is 1. The molecule has 0 spiro atoms. The van der Waals surface area contributed by atoms with E-state index in [1.165, 1.54) is 0 Å². The fourth-order valence-electron chi connectivity index (χ4n) is 2.81. The third-order valence-electron chi connectivity index (χ3n) is 4.41. The molecule has 0 radical (unpaired) electrons. The summed E-state index contributed by atoms with van der Waals surface area (Å²) in [5, 5.41) is 6.54. The summed E-state index contributed by atoms with van der Waals surface area (Å²) in [5.41, 5.74) is 0. The lowest BCUT2D eigenvalue weighted by Gasteiger charge is -2.36. The summed E-state index contributed by atoms with van der Waals surface area (Å²) < 4.78 is 30.8. The molecule has 1 unspecified atom stereocenters. The van der Waals surface area contributed by atoms with Gasteiger partial charge in [0.15, 0.2) is 5.96 Å². The van der Waals surface area contributed by atoms with Crippen LogP contribution in [0.15, 0.2) is 4.99 Å². The number of hydrogen-bond donors (Lipinski definition) is 3. The summed E-state index contributed by atoms with van der Waals surface area (Å²) >= 11 is 0. The lowest BCUT2D eigenvalue weighted by molar-refractivity contribution is 0.00867. The van der Waals surface area contributed by atoms with Gasteiger partial charge in [-0.05, 0) is 26.2 Å². The van der Waals surface area contributed by atoms with Gasteiger partial charge in [-0.3, -0.25) is 9.89 Å². The number of guanidine groups is 1. The van der Waals surface area contributed by atoms with Crippen LogP contribution in [-0.2, 0) is 14.8 Å². The minimum Gasteiger partial charge on any atom is -0.379 e. The van der Waals surface area contributed by atoms with E-state index in [-0.39, 0.29) is 5.75 Å². The number of hydrogen-bond acceptors (Lipinski definition) is 5. The molecule has 154 valence electrons. The zero-order valence-corrected chi connectivity index (χ0v) is 17.6. The third-order valence-corrected chi connectivity index (χ3v) is 5.82. The fourth-order valence-corrected chi connectivity index (χ4v) is 3.47. The lowest BCUT2D eigenvalue weighted by Crippen LogP contribution is -2.48. The van der Waals surface area contributed by atoms with Gasteiger partial charge in [0.05, 0.1) is 25.5 Å². The van der Waals surface area contributed by atoms with E-state index in [4.69, 9.17) is 9.73 Å². The highest BCUT2D eigenvalue weighted by Gasteiger charge is 2.23. The van der Waals surface area contributed by atoms with Gasteiger partial charge >= 0.3 is 0 Å². The smallest absolute Gasteiger partial charge is 0.211 e. The average molecular weight is 392 g/mol. The van der Waals surface area contributed by atoms with Crippen LogP contribution in [-0.4, -0.2) is 83.6 Å². The Balaban J connectivity index is 2.47. The third kappa shape index (κ3) is 9.16. The number of rotatable bonds is 11. The lowest BCUT2D eigenvalue weighted by atomic mass is 10.0. The molecule has 0 aromatic heterocycles. The van der Waals surface area contributed by atoms with Crippen molar-refractivity contribution >= 4 is 16.0 Å². The van der Waals surface area contributed by atoms with Crippen molar-refractivity contribution in [2.75, 3.05) is 58.2 Å². The van der Waals surface area contributed by atoms with Crippen molar-refractivity contribution in [1.29, 1.82) is 0 Å². The van der Waals surface area contributed by atoms with Crippen molar-refractivity contribution in [3.8, 4) is 0 Å². The molecular formula is C17H37N5O3S. The van der Waals surface area contributed by atoms with E-state index in [2.05, 4.69) is 34.1 Å². The first-order chi connectivity index (χ1) is 12.4. The molecule has 0 aromatic carbocycles. The minimum atomic E-state index is -3.11. The van der Waals surface area contributed by atoms with Crippen LogP contribution in [0.3, 0.4) is 0 Å². The van der Waals surface area contributed by atoms with Crippen molar-refractivity contribution in [3.05, 3.63) is 0 Å². The maximum atomic E-state index is 11.4. The van der Waals surface area contributed by atoms with Crippen LogP contribution in [0.2, 0.25) is 0 Å².